The van der Waals surface area contributed by atoms with Crippen molar-refractivity contribution < 1.29 is 0 Å². The van der Waals surface area contributed by atoms with Gasteiger partial charge >= 0.3 is 0 Å². The third-order valence-corrected chi connectivity index (χ3v) is 4.35. The summed E-state index contributed by atoms with van der Waals surface area (Å²) in [5, 5.41) is 3.44. The van der Waals surface area contributed by atoms with Crippen LogP contribution in [0.2, 0.25) is 0 Å². The Hall–Kier alpha value is -2.87. The van der Waals surface area contributed by atoms with Gasteiger partial charge in [0.15, 0.2) is 0 Å². The summed E-state index contributed by atoms with van der Waals surface area (Å²) in [7, 11) is 0. The molecule has 3 rings (SSSR count). The molecule has 3 aromatic rings. The Balaban J connectivity index is 1.88. The van der Waals surface area contributed by atoms with Crippen LogP contribution < -0.4 is 5.32 Å². The normalized spacial score (nSPS) is 10.6. The van der Waals surface area contributed by atoms with Gasteiger partial charge in [0.25, 0.3) is 0 Å². The van der Waals surface area contributed by atoms with Crippen LogP contribution in [-0.2, 0) is 0 Å². The molecule has 1 heterocycles. The number of aryl methyl sites for hydroxylation is 4. The van der Waals surface area contributed by atoms with Crippen LogP contribution in [0.15, 0.2) is 61.3 Å². The molecule has 2 aromatic carbocycles. The molecule has 0 saturated heterocycles. The standard InChI is InChI=1S/C23H24N2/c1-15-11-16(2)13-21(12-15)25-19(5)22-9-8-20(14-18(22)4)23-17(3)7-6-10-24-23/h6-14,25H,5H2,1-4H3. The highest BCUT2D eigenvalue weighted by Crippen LogP contribution is 2.27. The Morgan fingerprint density at radius 1 is 0.880 bits per heavy atom. The zero-order chi connectivity index (χ0) is 18.0. The molecule has 0 aliphatic rings. The van der Waals surface area contributed by atoms with Crippen molar-refractivity contribution in [2.45, 2.75) is 27.7 Å². The molecule has 25 heavy (non-hydrogen) atoms. The fraction of sp³-hybridized carbons (Fsp3) is 0.174. The Bertz CT molecular complexity index is 918. The summed E-state index contributed by atoms with van der Waals surface area (Å²) >= 11 is 0. The van der Waals surface area contributed by atoms with Crippen LogP contribution in [0.4, 0.5) is 5.69 Å². The zero-order valence-corrected chi connectivity index (χ0v) is 15.4. The number of aromatic nitrogens is 1. The summed E-state index contributed by atoms with van der Waals surface area (Å²) < 4.78 is 0. The maximum Gasteiger partial charge on any atom is 0.0731 e. The highest BCUT2D eigenvalue weighted by atomic mass is 14.9. The molecular weight excluding hydrogens is 304 g/mol. The molecule has 1 aromatic heterocycles. The van der Waals surface area contributed by atoms with Crippen LogP contribution >= 0.6 is 0 Å². The molecule has 0 aliphatic heterocycles. The van der Waals surface area contributed by atoms with Crippen LogP contribution in [0.3, 0.4) is 0 Å². The maximum absolute atomic E-state index is 4.51. The lowest BCUT2D eigenvalue weighted by atomic mass is 9.99. The molecular formula is C23H24N2. The van der Waals surface area contributed by atoms with Gasteiger partial charge in [-0.15, -0.1) is 0 Å². The molecule has 0 aliphatic carbocycles. The minimum absolute atomic E-state index is 0.909. The third kappa shape index (κ3) is 3.80. The van der Waals surface area contributed by atoms with Gasteiger partial charge in [0.05, 0.1) is 5.69 Å². The lowest BCUT2D eigenvalue weighted by Gasteiger charge is -2.15. The van der Waals surface area contributed by atoms with Gasteiger partial charge in [-0.25, -0.2) is 0 Å². The first-order valence-electron chi connectivity index (χ1n) is 8.51. The minimum atomic E-state index is 0.909. The summed E-state index contributed by atoms with van der Waals surface area (Å²) in [5.41, 5.74) is 10.1. The second kappa shape index (κ2) is 6.94. The number of nitrogens with one attached hydrogen (secondary N) is 1. The molecule has 0 radical (unpaired) electrons. The fourth-order valence-corrected chi connectivity index (χ4v) is 3.23. The number of pyridine rings is 1. The van der Waals surface area contributed by atoms with Crippen molar-refractivity contribution in [1.82, 2.24) is 4.98 Å². The first kappa shape index (κ1) is 17.0. The quantitative estimate of drug-likeness (QED) is 0.629. The van der Waals surface area contributed by atoms with Crippen LogP contribution in [0.5, 0.6) is 0 Å². The fourth-order valence-electron chi connectivity index (χ4n) is 3.23. The van der Waals surface area contributed by atoms with E-state index in [-0.39, 0.29) is 0 Å². The van der Waals surface area contributed by atoms with Gasteiger partial charge in [-0.05, 0) is 74.2 Å². The molecule has 0 saturated carbocycles. The van der Waals surface area contributed by atoms with Gasteiger partial charge < -0.3 is 5.32 Å². The monoisotopic (exact) mass is 328 g/mol. The van der Waals surface area contributed by atoms with Crippen LogP contribution in [-0.4, -0.2) is 4.98 Å². The summed E-state index contributed by atoms with van der Waals surface area (Å²) in [6.45, 7) is 12.7. The molecule has 0 amide bonds. The van der Waals surface area contributed by atoms with Crippen molar-refractivity contribution in [1.29, 1.82) is 0 Å². The SMILES string of the molecule is C=C(Nc1cc(C)cc(C)c1)c1ccc(-c2ncccc2C)cc1C. The number of rotatable bonds is 4. The van der Waals surface area contributed by atoms with E-state index in [1.165, 1.54) is 22.3 Å². The van der Waals surface area contributed by atoms with Gasteiger partial charge in [0.1, 0.15) is 0 Å². The molecule has 0 fully saturated rings. The summed E-state index contributed by atoms with van der Waals surface area (Å²) in [5.74, 6) is 0. The molecule has 0 atom stereocenters. The topological polar surface area (TPSA) is 24.9 Å². The second-order valence-corrected chi connectivity index (χ2v) is 6.68. The van der Waals surface area contributed by atoms with Gasteiger partial charge in [-0.2, -0.15) is 0 Å². The van der Waals surface area contributed by atoms with E-state index < -0.39 is 0 Å². The number of benzene rings is 2. The molecule has 0 spiro atoms. The Morgan fingerprint density at radius 2 is 1.60 bits per heavy atom. The molecule has 2 nitrogen and oxygen atoms in total. The van der Waals surface area contributed by atoms with Crippen molar-refractivity contribution in [2.24, 2.45) is 0 Å². The van der Waals surface area contributed by atoms with Crippen molar-refractivity contribution in [3.05, 3.63) is 89.1 Å². The Morgan fingerprint density at radius 3 is 2.24 bits per heavy atom. The van der Waals surface area contributed by atoms with E-state index in [2.05, 4.69) is 87.0 Å². The van der Waals surface area contributed by atoms with Crippen LogP contribution in [0.1, 0.15) is 27.8 Å². The number of hydrogen-bond donors (Lipinski definition) is 1. The predicted molar refractivity (Wildman–Crippen MR) is 108 cm³/mol. The van der Waals surface area contributed by atoms with Crippen LogP contribution in [0.25, 0.3) is 17.0 Å². The van der Waals surface area contributed by atoms with E-state index in [4.69, 9.17) is 0 Å². The first-order chi connectivity index (χ1) is 11.9. The summed E-state index contributed by atoms with van der Waals surface area (Å²) in [6, 6.07) is 16.9. The lowest BCUT2D eigenvalue weighted by molar-refractivity contribution is 1.26. The highest BCUT2D eigenvalue weighted by molar-refractivity contribution is 5.79. The van der Waals surface area contributed by atoms with Crippen molar-refractivity contribution >= 4 is 11.4 Å². The maximum atomic E-state index is 4.51. The van der Waals surface area contributed by atoms with E-state index in [1.807, 2.05) is 12.3 Å². The number of hydrogen-bond acceptors (Lipinski definition) is 2. The van der Waals surface area contributed by atoms with E-state index in [9.17, 15) is 0 Å². The highest BCUT2D eigenvalue weighted by Gasteiger charge is 2.08. The largest absolute Gasteiger partial charge is 0.355 e. The van der Waals surface area contributed by atoms with E-state index in [0.717, 1.165) is 28.2 Å². The van der Waals surface area contributed by atoms with E-state index in [1.54, 1.807) is 0 Å². The van der Waals surface area contributed by atoms with Gasteiger partial charge in [-0.3, -0.25) is 4.98 Å². The van der Waals surface area contributed by atoms with Gasteiger partial charge in [0, 0.05) is 28.7 Å². The van der Waals surface area contributed by atoms with Gasteiger partial charge in [-0.1, -0.05) is 30.8 Å². The van der Waals surface area contributed by atoms with E-state index in [0.29, 0.717) is 0 Å². The lowest BCUT2D eigenvalue weighted by Crippen LogP contribution is -2.00. The molecule has 0 bridgehead atoms. The average molecular weight is 328 g/mol. The van der Waals surface area contributed by atoms with Crippen molar-refractivity contribution in [3.8, 4) is 11.3 Å². The van der Waals surface area contributed by atoms with Gasteiger partial charge in [0.2, 0.25) is 0 Å². The first-order valence-corrected chi connectivity index (χ1v) is 8.51. The summed E-state index contributed by atoms with van der Waals surface area (Å²) in [6.07, 6.45) is 1.84. The average Bonchev–Trinajstić information content (AvgIpc) is 2.54. The Labute approximate surface area is 150 Å². The van der Waals surface area contributed by atoms with Crippen LogP contribution in [0, 0.1) is 27.7 Å². The molecule has 126 valence electrons. The summed E-state index contributed by atoms with van der Waals surface area (Å²) in [4.78, 5) is 4.51. The van der Waals surface area contributed by atoms with Crippen molar-refractivity contribution in [3.63, 3.8) is 0 Å². The predicted octanol–water partition coefficient (Wildman–Crippen LogP) is 6.07. The number of anilines is 1. The smallest absolute Gasteiger partial charge is 0.0731 e. The zero-order valence-electron chi connectivity index (χ0n) is 15.4. The second-order valence-electron chi connectivity index (χ2n) is 6.68. The Kier molecular flexibility index (Phi) is 4.71. The minimum Gasteiger partial charge on any atom is -0.355 e. The number of nitrogens with zero attached hydrogens (tertiary/aromatic N) is 1. The third-order valence-electron chi connectivity index (χ3n) is 4.35. The van der Waals surface area contributed by atoms with E-state index >= 15 is 0 Å². The molecule has 1 N–H and O–H groups in total. The molecule has 0 unspecified atom stereocenters. The van der Waals surface area contributed by atoms with Crippen molar-refractivity contribution in [2.75, 3.05) is 5.32 Å². The molecule has 2 heteroatoms.